The van der Waals surface area contributed by atoms with Crippen molar-refractivity contribution in [3.8, 4) is 5.75 Å². The molecule has 100 valence electrons. The van der Waals surface area contributed by atoms with Crippen LogP contribution in [0, 0.1) is 12.8 Å². The average molecular weight is 250 g/mol. The number of benzene rings is 1. The number of rotatable bonds is 7. The van der Waals surface area contributed by atoms with Crippen molar-refractivity contribution in [3.63, 3.8) is 0 Å². The van der Waals surface area contributed by atoms with Crippen LogP contribution >= 0.6 is 0 Å². The summed E-state index contributed by atoms with van der Waals surface area (Å²) in [4.78, 5) is 11.6. The second kappa shape index (κ2) is 7.71. The highest BCUT2D eigenvalue weighted by Crippen LogP contribution is 2.15. The lowest BCUT2D eigenvalue weighted by Gasteiger charge is -2.12. The maximum absolute atomic E-state index is 11.6. The van der Waals surface area contributed by atoms with Gasteiger partial charge in [-0.3, -0.25) is 4.79 Å². The van der Waals surface area contributed by atoms with E-state index in [1.165, 1.54) is 0 Å². The third-order valence-corrected chi connectivity index (χ3v) is 2.71. The lowest BCUT2D eigenvalue weighted by molar-refractivity contribution is -0.124. The van der Waals surface area contributed by atoms with Gasteiger partial charge in [-0.25, -0.2) is 0 Å². The Morgan fingerprint density at radius 2 is 2.11 bits per heavy atom. The Bertz CT molecular complexity index is 380. The molecule has 0 spiro atoms. The van der Waals surface area contributed by atoms with Crippen molar-refractivity contribution >= 4 is 5.91 Å². The summed E-state index contributed by atoms with van der Waals surface area (Å²) in [5, 5.41) is 5.83. The second-order valence-corrected chi connectivity index (χ2v) is 4.36. The molecule has 0 heterocycles. The fourth-order valence-electron chi connectivity index (χ4n) is 1.63. The number of para-hydroxylation sites is 1. The molecule has 4 nitrogen and oxygen atoms in total. The lowest BCUT2D eigenvalue weighted by Crippen LogP contribution is -2.36. The highest BCUT2D eigenvalue weighted by Gasteiger charge is 2.10. The number of amides is 1. The smallest absolute Gasteiger partial charge is 0.224 e. The van der Waals surface area contributed by atoms with Crippen molar-refractivity contribution in [1.82, 2.24) is 10.6 Å². The van der Waals surface area contributed by atoms with Crippen molar-refractivity contribution in [1.29, 1.82) is 0 Å². The normalized spacial score (nSPS) is 11.9. The summed E-state index contributed by atoms with van der Waals surface area (Å²) >= 11 is 0. The molecule has 0 aliphatic carbocycles. The first-order valence-corrected chi connectivity index (χ1v) is 6.26. The monoisotopic (exact) mass is 250 g/mol. The number of aryl methyl sites for hydroxylation is 1. The number of ether oxygens (including phenoxy) is 1. The molecule has 1 rings (SSSR count). The molecule has 0 aliphatic rings. The predicted molar refractivity (Wildman–Crippen MR) is 72.8 cm³/mol. The molecule has 2 N–H and O–H groups in total. The van der Waals surface area contributed by atoms with Crippen LogP contribution in [0.25, 0.3) is 0 Å². The molecular formula is C14H22N2O2. The van der Waals surface area contributed by atoms with Gasteiger partial charge in [-0.1, -0.05) is 25.1 Å². The fourth-order valence-corrected chi connectivity index (χ4v) is 1.63. The molecule has 0 saturated heterocycles. The molecule has 0 aromatic heterocycles. The first kappa shape index (κ1) is 14.5. The van der Waals surface area contributed by atoms with Gasteiger partial charge in [-0.2, -0.15) is 0 Å². The van der Waals surface area contributed by atoms with Crippen molar-refractivity contribution in [3.05, 3.63) is 29.8 Å². The zero-order chi connectivity index (χ0) is 13.4. The molecule has 0 aliphatic heterocycles. The number of carbonyl (C=O) groups excluding carboxylic acids is 1. The van der Waals surface area contributed by atoms with E-state index in [-0.39, 0.29) is 11.8 Å². The molecule has 4 heteroatoms. The summed E-state index contributed by atoms with van der Waals surface area (Å²) in [6, 6.07) is 7.85. The summed E-state index contributed by atoms with van der Waals surface area (Å²) in [6.45, 7) is 5.60. The van der Waals surface area contributed by atoms with Crippen LogP contribution in [0.2, 0.25) is 0 Å². The maximum Gasteiger partial charge on any atom is 0.224 e. The van der Waals surface area contributed by atoms with Gasteiger partial charge in [0.2, 0.25) is 5.91 Å². The highest BCUT2D eigenvalue weighted by atomic mass is 16.5. The molecule has 18 heavy (non-hydrogen) atoms. The first-order chi connectivity index (χ1) is 8.65. The summed E-state index contributed by atoms with van der Waals surface area (Å²) < 4.78 is 5.60. The molecule has 0 fully saturated rings. The molecule has 1 atom stereocenters. The van der Waals surface area contributed by atoms with E-state index in [1.807, 2.05) is 45.2 Å². The van der Waals surface area contributed by atoms with Gasteiger partial charge < -0.3 is 15.4 Å². The zero-order valence-electron chi connectivity index (χ0n) is 11.3. The zero-order valence-corrected chi connectivity index (χ0v) is 11.3. The lowest BCUT2D eigenvalue weighted by atomic mass is 10.1. The van der Waals surface area contributed by atoms with E-state index in [9.17, 15) is 4.79 Å². The average Bonchev–Trinajstić information content (AvgIpc) is 2.36. The molecule has 0 radical (unpaired) electrons. The molecular weight excluding hydrogens is 228 g/mol. The Morgan fingerprint density at radius 1 is 1.39 bits per heavy atom. The van der Waals surface area contributed by atoms with Crippen molar-refractivity contribution < 1.29 is 9.53 Å². The highest BCUT2D eigenvalue weighted by molar-refractivity contribution is 5.78. The van der Waals surface area contributed by atoms with Gasteiger partial charge >= 0.3 is 0 Å². The van der Waals surface area contributed by atoms with Gasteiger partial charge in [0.1, 0.15) is 12.4 Å². The van der Waals surface area contributed by atoms with E-state index >= 15 is 0 Å². The SMILES string of the molecule is CNCC(C)C(=O)NCCOc1ccccc1C. The van der Waals surface area contributed by atoms with Gasteiger partial charge in [0, 0.05) is 12.5 Å². The van der Waals surface area contributed by atoms with E-state index in [2.05, 4.69) is 10.6 Å². The number of hydrogen-bond acceptors (Lipinski definition) is 3. The number of nitrogens with one attached hydrogen (secondary N) is 2. The molecule has 1 aromatic rings. The van der Waals surface area contributed by atoms with Gasteiger partial charge in [0.05, 0.1) is 6.54 Å². The first-order valence-electron chi connectivity index (χ1n) is 6.26. The molecule has 1 aromatic carbocycles. The Labute approximate surface area is 109 Å². The summed E-state index contributed by atoms with van der Waals surface area (Å²) in [7, 11) is 1.84. The van der Waals surface area contributed by atoms with Gasteiger partial charge in [0.25, 0.3) is 0 Å². The van der Waals surface area contributed by atoms with Crippen molar-refractivity contribution in [2.24, 2.45) is 5.92 Å². The Kier molecular flexibility index (Phi) is 6.22. The van der Waals surface area contributed by atoms with Gasteiger partial charge in [-0.05, 0) is 25.6 Å². The van der Waals surface area contributed by atoms with Gasteiger partial charge in [0.15, 0.2) is 0 Å². The fraction of sp³-hybridized carbons (Fsp3) is 0.500. The molecule has 0 bridgehead atoms. The van der Waals surface area contributed by atoms with E-state index < -0.39 is 0 Å². The predicted octanol–water partition coefficient (Wildman–Crippen LogP) is 1.35. The van der Waals surface area contributed by atoms with Crippen LogP contribution in [-0.2, 0) is 4.79 Å². The van der Waals surface area contributed by atoms with Crippen molar-refractivity contribution in [2.75, 3.05) is 26.7 Å². The Hall–Kier alpha value is -1.55. The minimum Gasteiger partial charge on any atom is -0.491 e. The minimum absolute atomic E-state index is 0.0199. The van der Waals surface area contributed by atoms with E-state index in [1.54, 1.807) is 0 Å². The van der Waals surface area contributed by atoms with Crippen LogP contribution in [0.4, 0.5) is 0 Å². The van der Waals surface area contributed by atoms with Gasteiger partial charge in [-0.15, -0.1) is 0 Å². The molecule has 0 saturated carbocycles. The quantitative estimate of drug-likeness (QED) is 0.718. The number of carbonyl (C=O) groups is 1. The Morgan fingerprint density at radius 3 is 2.78 bits per heavy atom. The van der Waals surface area contributed by atoms with E-state index in [0.29, 0.717) is 19.7 Å². The van der Waals surface area contributed by atoms with Crippen molar-refractivity contribution in [2.45, 2.75) is 13.8 Å². The maximum atomic E-state index is 11.6. The third-order valence-electron chi connectivity index (χ3n) is 2.71. The summed E-state index contributed by atoms with van der Waals surface area (Å²) in [5.74, 6) is 0.904. The van der Waals surface area contributed by atoms with E-state index in [0.717, 1.165) is 11.3 Å². The second-order valence-electron chi connectivity index (χ2n) is 4.36. The van der Waals surface area contributed by atoms with Crippen LogP contribution in [0.5, 0.6) is 5.75 Å². The molecule has 1 amide bonds. The minimum atomic E-state index is -0.0199. The molecule has 1 unspecified atom stereocenters. The topological polar surface area (TPSA) is 50.4 Å². The Balaban J connectivity index is 2.23. The van der Waals surface area contributed by atoms with Crippen LogP contribution < -0.4 is 15.4 Å². The standard InChI is InChI=1S/C14H22N2O2/c1-11-6-4-5-7-13(11)18-9-8-16-14(17)12(2)10-15-3/h4-7,12,15H,8-10H2,1-3H3,(H,16,17). The summed E-state index contributed by atoms with van der Waals surface area (Å²) in [6.07, 6.45) is 0. The third kappa shape index (κ3) is 4.75. The van der Waals surface area contributed by atoms with Crippen LogP contribution in [0.3, 0.4) is 0 Å². The number of hydrogen-bond donors (Lipinski definition) is 2. The van der Waals surface area contributed by atoms with Crippen LogP contribution in [0.1, 0.15) is 12.5 Å². The van der Waals surface area contributed by atoms with Crippen LogP contribution in [-0.4, -0.2) is 32.7 Å². The largest absolute Gasteiger partial charge is 0.491 e. The van der Waals surface area contributed by atoms with Crippen LogP contribution in [0.15, 0.2) is 24.3 Å². The summed E-state index contributed by atoms with van der Waals surface area (Å²) in [5.41, 5.74) is 1.10. The van der Waals surface area contributed by atoms with E-state index in [4.69, 9.17) is 4.74 Å².